The number of likely N-dealkylation sites (tertiary alicyclic amines) is 1. The van der Waals surface area contributed by atoms with Crippen LogP contribution in [-0.2, 0) is 0 Å². The molecule has 1 aliphatic rings. The number of pyridine rings is 1. The van der Waals surface area contributed by atoms with Crippen molar-refractivity contribution in [3.63, 3.8) is 0 Å². The van der Waals surface area contributed by atoms with Crippen molar-refractivity contribution in [3.05, 3.63) is 59.9 Å². The lowest BCUT2D eigenvalue weighted by molar-refractivity contribution is 0.0786. The van der Waals surface area contributed by atoms with Gasteiger partial charge in [-0.2, -0.15) is 19.0 Å². The van der Waals surface area contributed by atoms with Gasteiger partial charge in [-0.1, -0.05) is 37.5 Å². The molecule has 0 bridgehead atoms. The first kappa shape index (κ1) is 24.1. The van der Waals surface area contributed by atoms with Gasteiger partial charge in [0.2, 0.25) is 17.9 Å². The molecule has 1 unspecified atom stereocenters. The van der Waals surface area contributed by atoms with E-state index in [0.717, 1.165) is 69.3 Å². The number of benzene rings is 1. The molecule has 7 nitrogen and oxygen atoms in total. The number of anilines is 1. The summed E-state index contributed by atoms with van der Waals surface area (Å²) in [6.45, 7) is 2.12. The summed E-state index contributed by atoms with van der Waals surface area (Å²) < 4.78 is 26.4. The van der Waals surface area contributed by atoms with Gasteiger partial charge in [-0.3, -0.25) is 15.1 Å². The number of aromatic nitrogens is 1. The van der Waals surface area contributed by atoms with Crippen LogP contribution in [0.15, 0.2) is 47.5 Å². The zero-order valence-corrected chi connectivity index (χ0v) is 18.4. The number of rotatable bonds is 9. The van der Waals surface area contributed by atoms with Gasteiger partial charge in [0.15, 0.2) is 6.19 Å². The number of nitriles is 1. The van der Waals surface area contributed by atoms with Gasteiger partial charge in [-0.25, -0.2) is 0 Å². The Morgan fingerprint density at radius 3 is 2.61 bits per heavy atom. The van der Waals surface area contributed by atoms with Crippen LogP contribution in [0.5, 0.6) is 0 Å². The second kappa shape index (κ2) is 12.5. The minimum Gasteiger partial charge on any atom is -0.338 e. The minimum absolute atomic E-state index is 0.114. The van der Waals surface area contributed by atoms with Crippen LogP contribution < -0.4 is 10.6 Å². The van der Waals surface area contributed by atoms with Crippen LogP contribution >= 0.6 is 0 Å². The van der Waals surface area contributed by atoms with E-state index >= 15 is 0 Å². The molecule has 2 aromatic rings. The van der Waals surface area contributed by atoms with Crippen molar-refractivity contribution in [2.45, 2.75) is 38.5 Å². The molecular weight excluding hydrogens is 426 g/mol. The molecule has 2 heterocycles. The Morgan fingerprint density at radius 2 is 1.88 bits per heavy atom. The van der Waals surface area contributed by atoms with Crippen LogP contribution in [-0.4, -0.2) is 41.4 Å². The number of aliphatic imine (C=N–C) groups is 1. The Hall–Kier alpha value is -3.54. The van der Waals surface area contributed by atoms with E-state index in [1.807, 2.05) is 35.2 Å². The average molecular weight is 455 g/mol. The number of halogens is 2. The van der Waals surface area contributed by atoms with E-state index in [1.165, 1.54) is 0 Å². The van der Waals surface area contributed by atoms with Crippen molar-refractivity contribution in [1.82, 2.24) is 15.2 Å². The maximum Gasteiger partial charge on any atom is 0.253 e. The van der Waals surface area contributed by atoms with Gasteiger partial charge in [0.25, 0.3) is 5.91 Å². The maximum atomic E-state index is 13.2. The molecule has 3 rings (SSSR count). The smallest absolute Gasteiger partial charge is 0.253 e. The highest BCUT2D eigenvalue weighted by Crippen LogP contribution is 2.24. The molecule has 1 aliphatic heterocycles. The summed E-state index contributed by atoms with van der Waals surface area (Å²) in [4.78, 5) is 21.8. The fourth-order valence-electron chi connectivity index (χ4n) is 3.94. The number of guanidine groups is 1. The normalized spacial score (nSPS) is 15.8. The average Bonchev–Trinajstić information content (AvgIpc) is 3.27. The number of nitrogens with one attached hydrogen (secondary N) is 2. The fourth-order valence-corrected chi connectivity index (χ4v) is 3.94. The highest BCUT2D eigenvalue weighted by Gasteiger charge is 2.26. The van der Waals surface area contributed by atoms with E-state index in [0.29, 0.717) is 12.5 Å². The predicted molar refractivity (Wildman–Crippen MR) is 122 cm³/mol. The van der Waals surface area contributed by atoms with Crippen molar-refractivity contribution in [3.8, 4) is 6.19 Å². The number of carbonyl (C=O) groups excluding carboxylic acids is 1. The summed E-state index contributed by atoms with van der Waals surface area (Å²) in [6, 6.07) is 11.5. The number of amides is 1. The Labute approximate surface area is 192 Å². The second-order valence-electron chi connectivity index (χ2n) is 8.07. The number of hydrogen-bond donors (Lipinski definition) is 2. The van der Waals surface area contributed by atoms with Crippen molar-refractivity contribution in [2.75, 3.05) is 25.0 Å². The van der Waals surface area contributed by atoms with Gasteiger partial charge >= 0.3 is 0 Å². The molecule has 1 fully saturated rings. The van der Waals surface area contributed by atoms with E-state index in [2.05, 4.69) is 20.6 Å². The van der Waals surface area contributed by atoms with E-state index in [1.54, 1.807) is 6.19 Å². The molecule has 0 saturated carbocycles. The van der Waals surface area contributed by atoms with E-state index in [4.69, 9.17) is 5.26 Å². The zero-order valence-electron chi connectivity index (χ0n) is 18.4. The van der Waals surface area contributed by atoms with Gasteiger partial charge in [-0.15, -0.1) is 0 Å². The zero-order chi connectivity index (χ0) is 23.5. The third kappa shape index (κ3) is 7.83. The van der Waals surface area contributed by atoms with Crippen molar-refractivity contribution < 1.29 is 13.6 Å². The van der Waals surface area contributed by atoms with Crippen LogP contribution in [0.25, 0.3) is 0 Å². The van der Waals surface area contributed by atoms with Crippen LogP contribution in [0.4, 0.5) is 14.5 Å². The molecule has 1 saturated heterocycles. The summed E-state index contributed by atoms with van der Waals surface area (Å²) in [5.41, 5.74) is 0.871. The summed E-state index contributed by atoms with van der Waals surface area (Å²) in [7, 11) is 0. The van der Waals surface area contributed by atoms with Gasteiger partial charge in [0.1, 0.15) is 0 Å². The van der Waals surface area contributed by atoms with Gasteiger partial charge < -0.3 is 10.2 Å². The van der Waals surface area contributed by atoms with Crippen LogP contribution in [0.2, 0.25) is 0 Å². The minimum atomic E-state index is -0.955. The van der Waals surface area contributed by atoms with Crippen molar-refractivity contribution in [2.24, 2.45) is 10.9 Å². The van der Waals surface area contributed by atoms with Gasteiger partial charge in [0, 0.05) is 43.0 Å². The number of unbranched alkanes of at least 4 members (excludes halogenated alkanes) is 3. The Morgan fingerprint density at radius 1 is 1.15 bits per heavy atom. The third-order valence-electron chi connectivity index (χ3n) is 5.58. The van der Waals surface area contributed by atoms with E-state index < -0.39 is 11.9 Å². The molecule has 174 valence electrons. The Balaban J connectivity index is 1.32. The monoisotopic (exact) mass is 454 g/mol. The largest absolute Gasteiger partial charge is 0.338 e. The predicted octanol–water partition coefficient (Wildman–Crippen LogP) is 4.31. The summed E-state index contributed by atoms with van der Waals surface area (Å²) in [6.07, 6.45) is 7.89. The Kier molecular flexibility index (Phi) is 9.12. The molecule has 1 aromatic carbocycles. The van der Waals surface area contributed by atoms with E-state index in [-0.39, 0.29) is 17.6 Å². The van der Waals surface area contributed by atoms with E-state index in [9.17, 15) is 13.6 Å². The molecular formula is C24H28F2N6O. The molecule has 1 amide bonds. The lowest BCUT2D eigenvalue weighted by Gasteiger charge is -2.16. The maximum absolute atomic E-state index is 13.2. The van der Waals surface area contributed by atoms with Crippen molar-refractivity contribution in [1.29, 1.82) is 5.26 Å². The molecule has 1 aromatic heterocycles. The summed E-state index contributed by atoms with van der Waals surface area (Å²) >= 11 is 0. The fraction of sp³-hybridized carbons (Fsp3) is 0.417. The molecule has 1 atom stereocenters. The molecule has 2 N–H and O–H groups in total. The molecule has 0 aliphatic carbocycles. The molecule has 0 spiro atoms. The number of nitrogens with zero attached hydrogens (tertiary/aromatic N) is 4. The highest BCUT2D eigenvalue weighted by molar-refractivity contribution is 5.94. The summed E-state index contributed by atoms with van der Waals surface area (Å²) in [5, 5.41) is 13.9. The molecule has 9 heteroatoms. The lowest BCUT2D eigenvalue weighted by Crippen LogP contribution is -2.28. The first-order chi connectivity index (χ1) is 16.0. The number of carbonyl (C=O) groups is 1. The Bertz CT molecular complexity index is 972. The number of hydrogen-bond acceptors (Lipinski definition) is 4. The van der Waals surface area contributed by atoms with Gasteiger partial charge in [-0.05, 0) is 37.3 Å². The van der Waals surface area contributed by atoms with Crippen LogP contribution in [0, 0.1) is 29.3 Å². The highest BCUT2D eigenvalue weighted by atomic mass is 19.1. The lowest BCUT2D eigenvalue weighted by atomic mass is 10.00. The van der Waals surface area contributed by atoms with Crippen LogP contribution in [0.3, 0.4) is 0 Å². The quantitative estimate of drug-likeness (QED) is 0.147. The summed E-state index contributed by atoms with van der Waals surface area (Å²) in [5.74, 6) is -1.11. The third-order valence-corrected chi connectivity index (χ3v) is 5.58. The topological polar surface area (TPSA) is 93.4 Å². The second-order valence-corrected chi connectivity index (χ2v) is 8.07. The standard InChI is InChI=1S/C24H28F2N6O/c25-21-14-20(15-22(26)31-21)30-24(29-17-27)28-12-7-2-1-4-8-18-11-13-32(16-18)23(33)19-9-5-3-6-10-19/h3,5-6,9-10,14-15,18H,1-2,4,7-8,11-13,16H2,(H2,28,29,30,31). The van der Waals surface area contributed by atoms with Gasteiger partial charge in [0.05, 0.1) is 0 Å². The molecule has 33 heavy (non-hydrogen) atoms. The van der Waals surface area contributed by atoms with Crippen LogP contribution in [0.1, 0.15) is 48.9 Å². The van der Waals surface area contributed by atoms with Crippen molar-refractivity contribution >= 4 is 17.6 Å². The SMILES string of the molecule is N#CNC(=NCCCCCCC1CCN(C(=O)c2ccccc2)C1)Nc1cc(F)nc(F)c1. The first-order valence-electron chi connectivity index (χ1n) is 11.2. The molecule has 0 radical (unpaired) electrons. The first-order valence-corrected chi connectivity index (χ1v) is 11.2.